The van der Waals surface area contributed by atoms with Crippen molar-refractivity contribution in [2.24, 2.45) is 10.3 Å². The zero-order valence-electron chi connectivity index (χ0n) is 8.07. The summed E-state index contributed by atoms with van der Waals surface area (Å²) in [6.07, 6.45) is 2.83. The van der Waals surface area contributed by atoms with Crippen LogP contribution in [0.3, 0.4) is 0 Å². The molecular formula is C10H8N2O4. The van der Waals surface area contributed by atoms with Crippen LogP contribution in [-0.2, 0) is 0 Å². The molecule has 6 heteroatoms. The van der Waals surface area contributed by atoms with E-state index in [0.717, 1.165) is 0 Å². The fourth-order valence-electron chi connectivity index (χ4n) is 1.25. The third kappa shape index (κ3) is 1.68. The van der Waals surface area contributed by atoms with Crippen molar-refractivity contribution in [1.29, 1.82) is 0 Å². The molecule has 2 aromatic heterocycles. The molecule has 0 aliphatic heterocycles. The van der Waals surface area contributed by atoms with Crippen molar-refractivity contribution < 1.29 is 19.2 Å². The number of hydrogen-bond donors (Lipinski definition) is 2. The van der Waals surface area contributed by atoms with Crippen LogP contribution in [0.5, 0.6) is 0 Å². The largest absolute Gasteiger partial charge is 0.463 e. The molecule has 2 aromatic rings. The Morgan fingerprint density at radius 1 is 0.875 bits per heavy atom. The number of hydrogen-bond acceptors (Lipinski definition) is 6. The zero-order valence-corrected chi connectivity index (χ0v) is 8.07. The van der Waals surface area contributed by atoms with Crippen molar-refractivity contribution in [3.05, 3.63) is 48.3 Å². The zero-order chi connectivity index (χ0) is 11.4. The van der Waals surface area contributed by atoms with Gasteiger partial charge in [0.25, 0.3) is 0 Å². The maximum absolute atomic E-state index is 8.89. The van der Waals surface area contributed by atoms with Gasteiger partial charge in [-0.05, 0) is 24.3 Å². The molecule has 0 radical (unpaired) electrons. The summed E-state index contributed by atoms with van der Waals surface area (Å²) in [6, 6.07) is 6.39. The molecule has 0 bridgehead atoms. The van der Waals surface area contributed by atoms with Gasteiger partial charge in [-0.1, -0.05) is 10.3 Å². The van der Waals surface area contributed by atoms with Gasteiger partial charge in [0.05, 0.1) is 12.5 Å². The Balaban J connectivity index is 2.43. The molecule has 0 saturated heterocycles. The van der Waals surface area contributed by atoms with Crippen molar-refractivity contribution in [3.63, 3.8) is 0 Å². The van der Waals surface area contributed by atoms with E-state index >= 15 is 0 Å². The van der Waals surface area contributed by atoms with E-state index in [4.69, 9.17) is 19.2 Å². The van der Waals surface area contributed by atoms with Crippen LogP contribution in [0, 0.1) is 0 Å². The predicted octanol–water partition coefficient (Wildman–Crippen LogP) is 1.93. The summed E-state index contributed by atoms with van der Waals surface area (Å²) in [7, 11) is 0. The monoisotopic (exact) mass is 220 g/mol. The summed E-state index contributed by atoms with van der Waals surface area (Å²) in [5.41, 5.74) is -0.0232. The highest BCUT2D eigenvalue weighted by molar-refractivity contribution is 6.52. The lowest BCUT2D eigenvalue weighted by atomic mass is 10.1. The number of nitrogens with zero attached hydrogens (tertiary/aromatic N) is 2. The molecule has 0 fully saturated rings. The Labute approximate surface area is 90.1 Å². The van der Waals surface area contributed by atoms with E-state index in [9.17, 15) is 0 Å². The van der Waals surface area contributed by atoms with Gasteiger partial charge in [0.1, 0.15) is 0 Å². The van der Waals surface area contributed by atoms with Crippen molar-refractivity contribution in [1.82, 2.24) is 0 Å². The van der Waals surface area contributed by atoms with Gasteiger partial charge >= 0.3 is 0 Å². The van der Waals surface area contributed by atoms with E-state index in [1.807, 2.05) is 0 Å². The fourth-order valence-corrected chi connectivity index (χ4v) is 1.25. The van der Waals surface area contributed by atoms with Crippen molar-refractivity contribution >= 4 is 11.4 Å². The minimum atomic E-state index is -0.0116. The Kier molecular flexibility index (Phi) is 2.73. The Bertz CT molecular complexity index is 449. The topological polar surface area (TPSA) is 91.5 Å². The number of furan rings is 2. The van der Waals surface area contributed by atoms with E-state index in [2.05, 4.69) is 10.3 Å². The summed E-state index contributed by atoms with van der Waals surface area (Å²) in [4.78, 5) is 0. The molecule has 0 saturated carbocycles. The summed E-state index contributed by atoms with van der Waals surface area (Å²) in [5.74, 6) is 0.540. The molecule has 16 heavy (non-hydrogen) atoms. The Hall–Kier alpha value is -2.50. The van der Waals surface area contributed by atoms with Crippen molar-refractivity contribution in [3.8, 4) is 0 Å². The van der Waals surface area contributed by atoms with Crippen LogP contribution >= 0.6 is 0 Å². The number of rotatable bonds is 3. The third-order valence-corrected chi connectivity index (χ3v) is 1.93. The SMILES string of the molecule is O/N=C(/C(=N\O)c1ccco1)c1ccco1. The summed E-state index contributed by atoms with van der Waals surface area (Å²) >= 11 is 0. The van der Waals surface area contributed by atoms with Crippen LogP contribution in [0.15, 0.2) is 55.9 Å². The average molecular weight is 220 g/mol. The summed E-state index contributed by atoms with van der Waals surface area (Å²) in [6.45, 7) is 0. The van der Waals surface area contributed by atoms with Crippen molar-refractivity contribution in [2.75, 3.05) is 0 Å². The first kappa shape index (κ1) is 10.0. The Morgan fingerprint density at radius 3 is 1.56 bits per heavy atom. The van der Waals surface area contributed by atoms with E-state index in [0.29, 0.717) is 0 Å². The van der Waals surface area contributed by atoms with Gasteiger partial charge < -0.3 is 19.2 Å². The van der Waals surface area contributed by atoms with Gasteiger partial charge in [-0.25, -0.2) is 0 Å². The molecule has 0 aliphatic carbocycles. The lowest BCUT2D eigenvalue weighted by Crippen LogP contribution is -2.16. The van der Waals surface area contributed by atoms with Gasteiger partial charge in [0.2, 0.25) is 0 Å². The highest BCUT2D eigenvalue weighted by Crippen LogP contribution is 2.10. The summed E-state index contributed by atoms with van der Waals surface area (Å²) < 4.78 is 10.1. The smallest absolute Gasteiger partial charge is 0.177 e. The average Bonchev–Trinajstić information content (AvgIpc) is 2.97. The summed E-state index contributed by atoms with van der Waals surface area (Å²) in [5, 5.41) is 23.8. The molecule has 0 amide bonds. The molecule has 0 spiro atoms. The number of oxime groups is 2. The first-order chi connectivity index (χ1) is 7.86. The van der Waals surface area contributed by atoms with Crippen LogP contribution in [0.25, 0.3) is 0 Å². The maximum Gasteiger partial charge on any atom is 0.177 e. The molecule has 6 nitrogen and oxygen atoms in total. The molecule has 82 valence electrons. The van der Waals surface area contributed by atoms with E-state index in [-0.39, 0.29) is 22.9 Å². The lowest BCUT2D eigenvalue weighted by Gasteiger charge is -2.00. The van der Waals surface area contributed by atoms with E-state index < -0.39 is 0 Å². The fraction of sp³-hybridized carbons (Fsp3) is 0. The second-order valence-corrected chi connectivity index (χ2v) is 2.85. The van der Waals surface area contributed by atoms with Gasteiger partial charge in [-0.3, -0.25) is 0 Å². The lowest BCUT2D eigenvalue weighted by molar-refractivity contribution is 0.312. The standard InChI is InChI=1S/C10H8N2O4/c13-11-9(7-3-1-5-15-7)10(12-14)8-4-2-6-16-8/h1-6,13-14H/b11-9-,12-10+. The van der Waals surface area contributed by atoms with E-state index in [1.165, 1.54) is 12.5 Å². The van der Waals surface area contributed by atoms with Crippen LogP contribution in [-0.4, -0.2) is 21.8 Å². The highest BCUT2D eigenvalue weighted by atomic mass is 16.4. The molecule has 0 atom stereocenters. The predicted molar refractivity (Wildman–Crippen MR) is 54.1 cm³/mol. The van der Waals surface area contributed by atoms with Gasteiger partial charge in [0, 0.05) is 0 Å². The van der Waals surface area contributed by atoms with Crippen LogP contribution < -0.4 is 0 Å². The van der Waals surface area contributed by atoms with Gasteiger partial charge in [-0.2, -0.15) is 0 Å². The normalized spacial score (nSPS) is 13.0. The second-order valence-electron chi connectivity index (χ2n) is 2.85. The van der Waals surface area contributed by atoms with E-state index in [1.54, 1.807) is 24.3 Å². The van der Waals surface area contributed by atoms with Crippen LogP contribution in [0.1, 0.15) is 11.5 Å². The second kappa shape index (κ2) is 4.35. The van der Waals surface area contributed by atoms with Gasteiger partial charge in [-0.15, -0.1) is 0 Å². The minimum Gasteiger partial charge on any atom is -0.463 e. The molecular weight excluding hydrogens is 212 g/mol. The molecule has 0 unspecified atom stereocenters. The first-order valence-corrected chi connectivity index (χ1v) is 4.39. The third-order valence-electron chi connectivity index (χ3n) is 1.93. The maximum atomic E-state index is 8.89. The molecule has 0 aromatic carbocycles. The van der Waals surface area contributed by atoms with Crippen molar-refractivity contribution in [2.45, 2.75) is 0 Å². The van der Waals surface area contributed by atoms with Crippen LogP contribution in [0.4, 0.5) is 0 Å². The quantitative estimate of drug-likeness (QED) is 0.469. The highest BCUT2D eigenvalue weighted by Gasteiger charge is 2.20. The molecule has 2 rings (SSSR count). The molecule has 0 aliphatic rings. The van der Waals surface area contributed by atoms with Gasteiger partial charge in [0.15, 0.2) is 22.9 Å². The molecule has 2 N–H and O–H groups in total. The minimum absolute atomic E-state index is 0.0116. The first-order valence-electron chi connectivity index (χ1n) is 4.39. The Morgan fingerprint density at radius 2 is 1.31 bits per heavy atom. The van der Waals surface area contributed by atoms with Crippen LogP contribution in [0.2, 0.25) is 0 Å². The molecule has 2 heterocycles.